The van der Waals surface area contributed by atoms with E-state index >= 15 is 0 Å². The van der Waals surface area contributed by atoms with Gasteiger partial charge in [0.05, 0.1) is 10.6 Å². The molecule has 0 aliphatic carbocycles. The standard InChI is InChI=1S/C17H25ClN4OS/c1-3-13-12-22(10-11-24-13)17(19-2)21-9-8-20-16(23)14-6-4-5-7-15(14)18/h4-7,13H,3,8-12H2,1-2H3,(H,19,21)(H,20,23). The average Bonchev–Trinajstić information content (AvgIpc) is 2.62. The van der Waals surface area contributed by atoms with Crippen LogP contribution in [0.2, 0.25) is 5.02 Å². The number of carbonyl (C=O) groups is 1. The predicted octanol–water partition coefficient (Wildman–Crippen LogP) is 2.47. The van der Waals surface area contributed by atoms with E-state index in [-0.39, 0.29) is 5.91 Å². The summed E-state index contributed by atoms with van der Waals surface area (Å²) in [6, 6.07) is 7.06. The van der Waals surface area contributed by atoms with Gasteiger partial charge >= 0.3 is 0 Å². The van der Waals surface area contributed by atoms with Crippen LogP contribution in [0.4, 0.5) is 0 Å². The van der Waals surface area contributed by atoms with Crippen LogP contribution in [0.15, 0.2) is 29.3 Å². The van der Waals surface area contributed by atoms with E-state index < -0.39 is 0 Å². The monoisotopic (exact) mass is 368 g/mol. The number of amides is 1. The highest BCUT2D eigenvalue weighted by molar-refractivity contribution is 8.00. The third-order valence-electron chi connectivity index (χ3n) is 3.92. The van der Waals surface area contributed by atoms with Crippen molar-refractivity contribution < 1.29 is 4.79 Å². The smallest absolute Gasteiger partial charge is 0.252 e. The van der Waals surface area contributed by atoms with Crippen molar-refractivity contribution in [1.82, 2.24) is 15.5 Å². The Kier molecular flexibility index (Phi) is 7.72. The fourth-order valence-corrected chi connectivity index (χ4v) is 3.98. The maximum absolute atomic E-state index is 12.1. The molecule has 2 N–H and O–H groups in total. The second-order valence-electron chi connectivity index (χ2n) is 5.56. The maximum Gasteiger partial charge on any atom is 0.252 e. The quantitative estimate of drug-likeness (QED) is 0.476. The van der Waals surface area contributed by atoms with E-state index in [1.54, 1.807) is 25.2 Å². The van der Waals surface area contributed by atoms with Crippen LogP contribution in [0.25, 0.3) is 0 Å². The lowest BCUT2D eigenvalue weighted by Crippen LogP contribution is -2.49. The van der Waals surface area contributed by atoms with Gasteiger partial charge in [0.25, 0.3) is 5.91 Å². The molecule has 1 aliphatic heterocycles. The molecular weight excluding hydrogens is 344 g/mol. The number of rotatable bonds is 5. The third-order valence-corrected chi connectivity index (χ3v) is 5.62. The first kappa shape index (κ1) is 18.9. The molecule has 1 amide bonds. The molecule has 1 heterocycles. The van der Waals surface area contributed by atoms with E-state index in [0.29, 0.717) is 28.9 Å². The number of thioether (sulfide) groups is 1. The first-order valence-corrected chi connectivity index (χ1v) is 9.68. The summed E-state index contributed by atoms with van der Waals surface area (Å²) >= 11 is 8.06. The van der Waals surface area contributed by atoms with E-state index in [2.05, 4.69) is 27.4 Å². The van der Waals surface area contributed by atoms with Crippen LogP contribution in [0.1, 0.15) is 23.7 Å². The summed E-state index contributed by atoms with van der Waals surface area (Å²) in [7, 11) is 1.80. The normalized spacial score (nSPS) is 18.4. The number of carbonyl (C=O) groups excluding carboxylic acids is 1. The molecule has 0 radical (unpaired) electrons. The summed E-state index contributed by atoms with van der Waals surface area (Å²) in [4.78, 5) is 18.7. The Morgan fingerprint density at radius 2 is 2.12 bits per heavy atom. The summed E-state index contributed by atoms with van der Waals surface area (Å²) in [6.07, 6.45) is 1.17. The van der Waals surface area contributed by atoms with Crippen LogP contribution >= 0.6 is 23.4 Å². The van der Waals surface area contributed by atoms with Crippen LogP contribution in [0.3, 0.4) is 0 Å². The van der Waals surface area contributed by atoms with E-state index in [4.69, 9.17) is 11.6 Å². The number of nitrogens with one attached hydrogen (secondary N) is 2. The van der Waals surface area contributed by atoms with Crippen LogP contribution in [-0.4, -0.2) is 61.0 Å². The zero-order valence-corrected chi connectivity index (χ0v) is 15.8. The molecule has 1 fully saturated rings. The highest BCUT2D eigenvalue weighted by atomic mass is 35.5. The fraction of sp³-hybridized carbons (Fsp3) is 0.529. The van der Waals surface area contributed by atoms with Gasteiger partial charge in [0.15, 0.2) is 5.96 Å². The number of hydrogen-bond donors (Lipinski definition) is 2. The third kappa shape index (κ3) is 5.31. The average molecular weight is 369 g/mol. The Morgan fingerprint density at radius 1 is 1.38 bits per heavy atom. The molecule has 24 heavy (non-hydrogen) atoms. The molecule has 0 aromatic heterocycles. The second-order valence-corrected chi connectivity index (χ2v) is 7.37. The van der Waals surface area contributed by atoms with Crippen LogP contribution in [-0.2, 0) is 0 Å². The van der Waals surface area contributed by atoms with E-state index in [1.807, 2.05) is 17.8 Å². The molecule has 1 aromatic carbocycles. The van der Waals surface area contributed by atoms with Gasteiger partial charge in [0, 0.05) is 44.2 Å². The van der Waals surface area contributed by atoms with Crippen molar-refractivity contribution in [3.8, 4) is 0 Å². The minimum Gasteiger partial charge on any atom is -0.354 e. The summed E-state index contributed by atoms with van der Waals surface area (Å²) in [6.45, 7) is 5.40. The highest BCUT2D eigenvalue weighted by Crippen LogP contribution is 2.20. The Hall–Kier alpha value is -1.40. The largest absolute Gasteiger partial charge is 0.354 e. The summed E-state index contributed by atoms with van der Waals surface area (Å²) < 4.78 is 0. The lowest BCUT2D eigenvalue weighted by atomic mass is 10.2. The molecular formula is C17H25ClN4OS. The summed E-state index contributed by atoms with van der Waals surface area (Å²) in [5, 5.41) is 7.33. The summed E-state index contributed by atoms with van der Waals surface area (Å²) in [5.74, 6) is 1.88. The SMILES string of the molecule is CCC1CN(C(=NC)NCCNC(=O)c2ccccc2Cl)CCS1. The van der Waals surface area contributed by atoms with Gasteiger partial charge in [-0.25, -0.2) is 0 Å². The van der Waals surface area contributed by atoms with E-state index in [9.17, 15) is 4.79 Å². The number of aliphatic imine (C=N–C) groups is 1. The van der Waals surface area contributed by atoms with Crippen molar-refractivity contribution in [2.45, 2.75) is 18.6 Å². The van der Waals surface area contributed by atoms with Gasteiger partial charge in [-0.3, -0.25) is 9.79 Å². The molecule has 1 aromatic rings. The molecule has 7 heteroatoms. The minimum atomic E-state index is -0.155. The van der Waals surface area contributed by atoms with Gasteiger partial charge in [-0.1, -0.05) is 30.7 Å². The van der Waals surface area contributed by atoms with Crippen molar-refractivity contribution >= 4 is 35.2 Å². The van der Waals surface area contributed by atoms with Crippen molar-refractivity contribution in [3.05, 3.63) is 34.9 Å². The molecule has 2 rings (SSSR count). The van der Waals surface area contributed by atoms with E-state index in [0.717, 1.165) is 24.8 Å². The van der Waals surface area contributed by atoms with Crippen molar-refractivity contribution in [3.63, 3.8) is 0 Å². The lowest BCUT2D eigenvalue weighted by molar-refractivity contribution is 0.0954. The molecule has 1 saturated heterocycles. The molecule has 0 spiro atoms. The Morgan fingerprint density at radius 3 is 2.83 bits per heavy atom. The van der Waals surface area contributed by atoms with Crippen molar-refractivity contribution in [2.75, 3.05) is 39.0 Å². The van der Waals surface area contributed by atoms with Gasteiger partial charge < -0.3 is 15.5 Å². The lowest BCUT2D eigenvalue weighted by Gasteiger charge is -2.34. The van der Waals surface area contributed by atoms with Crippen LogP contribution in [0.5, 0.6) is 0 Å². The van der Waals surface area contributed by atoms with Crippen LogP contribution in [0, 0.1) is 0 Å². The molecule has 0 saturated carbocycles. The van der Waals surface area contributed by atoms with Gasteiger partial charge in [-0.05, 0) is 18.6 Å². The molecule has 1 aliphatic rings. The first-order chi connectivity index (χ1) is 11.7. The van der Waals surface area contributed by atoms with Gasteiger partial charge in [-0.15, -0.1) is 0 Å². The van der Waals surface area contributed by atoms with Crippen molar-refractivity contribution in [2.24, 2.45) is 4.99 Å². The number of benzene rings is 1. The van der Waals surface area contributed by atoms with Gasteiger partial charge in [0.1, 0.15) is 0 Å². The Balaban J connectivity index is 1.76. The van der Waals surface area contributed by atoms with Gasteiger partial charge in [-0.2, -0.15) is 11.8 Å². The van der Waals surface area contributed by atoms with Gasteiger partial charge in [0.2, 0.25) is 0 Å². The maximum atomic E-state index is 12.1. The predicted molar refractivity (Wildman–Crippen MR) is 103 cm³/mol. The topological polar surface area (TPSA) is 56.7 Å². The molecule has 1 unspecified atom stereocenters. The van der Waals surface area contributed by atoms with Crippen LogP contribution < -0.4 is 10.6 Å². The first-order valence-electron chi connectivity index (χ1n) is 8.25. The zero-order chi connectivity index (χ0) is 17.4. The van der Waals surface area contributed by atoms with Crippen molar-refractivity contribution in [1.29, 1.82) is 0 Å². The number of guanidine groups is 1. The second kappa shape index (κ2) is 9.79. The minimum absolute atomic E-state index is 0.155. The number of nitrogens with zero attached hydrogens (tertiary/aromatic N) is 2. The Bertz CT molecular complexity index is 581. The highest BCUT2D eigenvalue weighted by Gasteiger charge is 2.21. The molecule has 1 atom stereocenters. The summed E-state index contributed by atoms with van der Waals surface area (Å²) in [5.41, 5.74) is 0.502. The molecule has 0 bridgehead atoms. The Labute approximate surface area is 153 Å². The number of halogens is 1. The number of hydrogen-bond acceptors (Lipinski definition) is 3. The molecule has 5 nitrogen and oxygen atoms in total. The molecule has 132 valence electrons. The van der Waals surface area contributed by atoms with E-state index in [1.165, 1.54) is 6.42 Å². The fourth-order valence-electron chi connectivity index (χ4n) is 2.58. The zero-order valence-electron chi connectivity index (χ0n) is 14.2.